The van der Waals surface area contributed by atoms with E-state index in [-0.39, 0.29) is 11.9 Å². The zero-order valence-corrected chi connectivity index (χ0v) is 14.7. The SMILES string of the molecule is CC(O)C1CCCCN1C(=O)CCCc1nc(-c2cccs2)no1. The number of carbonyl (C=O) groups excluding carboxylic acids is 1. The van der Waals surface area contributed by atoms with Gasteiger partial charge in [-0.05, 0) is 44.1 Å². The van der Waals surface area contributed by atoms with Crippen molar-refractivity contribution in [2.24, 2.45) is 0 Å². The molecule has 0 radical (unpaired) electrons. The van der Waals surface area contributed by atoms with E-state index in [1.54, 1.807) is 18.3 Å². The van der Waals surface area contributed by atoms with Gasteiger partial charge in [0, 0.05) is 19.4 Å². The Morgan fingerprint density at radius 2 is 2.42 bits per heavy atom. The van der Waals surface area contributed by atoms with Crippen LogP contribution in [0.2, 0.25) is 0 Å². The first-order valence-electron chi connectivity index (χ1n) is 8.49. The van der Waals surface area contributed by atoms with E-state index >= 15 is 0 Å². The topological polar surface area (TPSA) is 79.5 Å². The number of amides is 1. The maximum atomic E-state index is 12.4. The van der Waals surface area contributed by atoms with E-state index in [0.29, 0.717) is 31.0 Å². The number of aromatic nitrogens is 2. The van der Waals surface area contributed by atoms with Crippen molar-refractivity contribution < 1.29 is 14.4 Å². The third-order valence-electron chi connectivity index (χ3n) is 4.42. The summed E-state index contributed by atoms with van der Waals surface area (Å²) < 4.78 is 5.26. The van der Waals surface area contributed by atoms with Crippen LogP contribution in [0.4, 0.5) is 0 Å². The van der Waals surface area contributed by atoms with Gasteiger partial charge in [0.1, 0.15) is 0 Å². The molecule has 0 spiro atoms. The Balaban J connectivity index is 1.50. The number of nitrogens with zero attached hydrogens (tertiary/aromatic N) is 3. The van der Waals surface area contributed by atoms with Crippen LogP contribution < -0.4 is 0 Å². The van der Waals surface area contributed by atoms with E-state index in [4.69, 9.17) is 4.52 Å². The Hall–Kier alpha value is -1.73. The van der Waals surface area contributed by atoms with Crippen molar-refractivity contribution in [1.29, 1.82) is 0 Å². The molecule has 2 aromatic rings. The zero-order valence-electron chi connectivity index (χ0n) is 13.9. The number of thiophene rings is 1. The number of likely N-dealkylation sites (tertiary alicyclic amines) is 1. The Labute approximate surface area is 145 Å². The van der Waals surface area contributed by atoms with Gasteiger partial charge in [0.2, 0.25) is 17.6 Å². The summed E-state index contributed by atoms with van der Waals surface area (Å²) in [6.45, 7) is 2.51. The average Bonchev–Trinajstić information content (AvgIpc) is 3.26. The fourth-order valence-electron chi connectivity index (χ4n) is 3.17. The van der Waals surface area contributed by atoms with Gasteiger partial charge in [-0.1, -0.05) is 11.2 Å². The first-order chi connectivity index (χ1) is 11.6. The molecule has 2 unspecified atom stereocenters. The third-order valence-corrected chi connectivity index (χ3v) is 5.28. The monoisotopic (exact) mass is 349 g/mol. The van der Waals surface area contributed by atoms with E-state index in [9.17, 15) is 9.90 Å². The average molecular weight is 349 g/mol. The zero-order chi connectivity index (χ0) is 16.9. The van der Waals surface area contributed by atoms with E-state index in [1.807, 2.05) is 22.4 Å². The maximum absolute atomic E-state index is 12.4. The number of piperidine rings is 1. The van der Waals surface area contributed by atoms with Crippen molar-refractivity contribution in [2.75, 3.05) is 6.54 Å². The molecule has 0 aliphatic carbocycles. The Morgan fingerprint density at radius 1 is 1.54 bits per heavy atom. The summed E-state index contributed by atoms with van der Waals surface area (Å²) in [5, 5.41) is 15.8. The van der Waals surface area contributed by atoms with Crippen LogP contribution in [0, 0.1) is 0 Å². The molecule has 1 N–H and O–H groups in total. The van der Waals surface area contributed by atoms with Crippen LogP contribution in [0.5, 0.6) is 0 Å². The standard InChI is InChI=1S/C17H23N3O3S/c1-12(21)13-6-2-3-10-20(13)16(22)9-4-8-15-18-17(19-23-15)14-7-5-11-24-14/h5,7,11-13,21H,2-4,6,8-10H2,1H3. The van der Waals surface area contributed by atoms with Gasteiger partial charge < -0.3 is 14.5 Å². The molecule has 3 heterocycles. The lowest BCUT2D eigenvalue weighted by Gasteiger charge is -2.37. The lowest BCUT2D eigenvalue weighted by atomic mass is 9.97. The van der Waals surface area contributed by atoms with Crippen molar-refractivity contribution in [3.8, 4) is 10.7 Å². The van der Waals surface area contributed by atoms with Gasteiger partial charge >= 0.3 is 0 Å². The summed E-state index contributed by atoms with van der Waals surface area (Å²) in [6, 6.07) is 3.86. The predicted octanol–water partition coefficient (Wildman–Crippen LogP) is 2.88. The number of carbonyl (C=O) groups is 1. The summed E-state index contributed by atoms with van der Waals surface area (Å²) in [5.74, 6) is 1.28. The summed E-state index contributed by atoms with van der Waals surface area (Å²) in [4.78, 5) is 19.6. The fraction of sp³-hybridized carbons (Fsp3) is 0.588. The molecule has 1 aliphatic heterocycles. The van der Waals surface area contributed by atoms with Gasteiger partial charge in [-0.2, -0.15) is 4.98 Å². The van der Waals surface area contributed by atoms with E-state index in [0.717, 1.165) is 30.7 Å². The van der Waals surface area contributed by atoms with E-state index < -0.39 is 6.10 Å². The number of hydrogen-bond donors (Lipinski definition) is 1. The lowest BCUT2D eigenvalue weighted by molar-refractivity contribution is -0.137. The van der Waals surface area contributed by atoms with Crippen molar-refractivity contribution >= 4 is 17.2 Å². The van der Waals surface area contributed by atoms with Crippen molar-refractivity contribution in [3.05, 3.63) is 23.4 Å². The molecule has 24 heavy (non-hydrogen) atoms. The van der Waals surface area contributed by atoms with Crippen LogP contribution in [0.1, 0.15) is 44.9 Å². The molecule has 6 nitrogen and oxygen atoms in total. The Bertz CT molecular complexity index is 654. The minimum Gasteiger partial charge on any atom is -0.391 e. The molecular formula is C17H23N3O3S. The molecule has 1 amide bonds. The van der Waals surface area contributed by atoms with Gasteiger partial charge in [0.15, 0.2) is 0 Å². The minimum atomic E-state index is -0.474. The Kier molecular flexibility index (Phi) is 5.63. The molecule has 2 aromatic heterocycles. The first-order valence-corrected chi connectivity index (χ1v) is 9.37. The fourth-order valence-corrected chi connectivity index (χ4v) is 3.81. The van der Waals surface area contributed by atoms with Crippen molar-refractivity contribution in [2.45, 2.75) is 57.6 Å². The normalized spacial score (nSPS) is 19.4. The van der Waals surface area contributed by atoms with Crippen molar-refractivity contribution in [3.63, 3.8) is 0 Å². The predicted molar refractivity (Wildman–Crippen MR) is 91.6 cm³/mol. The quantitative estimate of drug-likeness (QED) is 0.867. The number of aryl methyl sites for hydroxylation is 1. The maximum Gasteiger partial charge on any atom is 0.226 e. The van der Waals surface area contributed by atoms with Crippen LogP contribution in [-0.4, -0.2) is 44.7 Å². The molecule has 1 saturated heterocycles. The summed E-state index contributed by atoms with van der Waals surface area (Å²) in [5.41, 5.74) is 0. The van der Waals surface area contributed by atoms with Crippen LogP contribution in [0.15, 0.2) is 22.0 Å². The molecule has 0 saturated carbocycles. The second kappa shape index (κ2) is 7.90. The molecule has 1 aliphatic rings. The minimum absolute atomic E-state index is 0.0416. The van der Waals surface area contributed by atoms with Gasteiger partial charge in [0.25, 0.3) is 0 Å². The van der Waals surface area contributed by atoms with Gasteiger partial charge in [-0.25, -0.2) is 0 Å². The largest absolute Gasteiger partial charge is 0.391 e. The number of aliphatic hydroxyl groups is 1. The third kappa shape index (κ3) is 4.02. The van der Waals surface area contributed by atoms with Gasteiger partial charge in [-0.15, -0.1) is 11.3 Å². The lowest BCUT2D eigenvalue weighted by Crippen LogP contribution is -2.48. The highest BCUT2D eigenvalue weighted by Gasteiger charge is 2.29. The molecule has 0 bridgehead atoms. The number of aliphatic hydroxyl groups excluding tert-OH is 1. The summed E-state index contributed by atoms with van der Waals surface area (Å²) in [7, 11) is 0. The summed E-state index contributed by atoms with van der Waals surface area (Å²) >= 11 is 1.57. The molecule has 1 fully saturated rings. The molecule has 2 atom stereocenters. The first kappa shape index (κ1) is 17.1. The van der Waals surface area contributed by atoms with Crippen LogP contribution in [0.3, 0.4) is 0 Å². The number of hydrogen-bond acceptors (Lipinski definition) is 6. The van der Waals surface area contributed by atoms with Crippen LogP contribution >= 0.6 is 11.3 Å². The molecule has 0 aromatic carbocycles. The molecule has 130 valence electrons. The van der Waals surface area contributed by atoms with E-state index in [2.05, 4.69) is 10.1 Å². The van der Waals surface area contributed by atoms with Crippen LogP contribution in [-0.2, 0) is 11.2 Å². The Morgan fingerprint density at radius 3 is 3.17 bits per heavy atom. The highest BCUT2D eigenvalue weighted by Crippen LogP contribution is 2.23. The second-order valence-corrected chi connectivity index (χ2v) is 7.18. The van der Waals surface area contributed by atoms with Crippen molar-refractivity contribution in [1.82, 2.24) is 15.0 Å². The van der Waals surface area contributed by atoms with Gasteiger partial charge in [-0.3, -0.25) is 4.79 Å². The number of rotatable bonds is 6. The molecule has 7 heteroatoms. The highest BCUT2D eigenvalue weighted by atomic mass is 32.1. The van der Waals surface area contributed by atoms with Gasteiger partial charge in [0.05, 0.1) is 17.0 Å². The molecule has 3 rings (SSSR count). The second-order valence-electron chi connectivity index (χ2n) is 6.23. The smallest absolute Gasteiger partial charge is 0.226 e. The summed E-state index contributed by atoms with van der Waals surface area (Å²) in [6.07, 6.45) is 4.22. The highest BCUT2D eigenvalue weighted by molar-refractivity contribution is 7.13. The van der Waals surface area contributed by atoms with E-state index in [1.165, 1.54) is 0 Å². The molecular weight excluding hydrogens is 326 g/mol. The van der Waals surface area contributed by atoms with Crippen LogP contribution in [0.25, 0.3) is 10.7 Å².